The summed E-state index contributed by atoms with van der Waals surface area (Å²) in [4.78, 5) is 6.74. The maximum absolute atomic E-state index is 9.01. The number of aromatic nitrogens is 1. The average molecular weight is 246 g/mol. The van der Waals surface area contributed by atoms with Gasteiger partial charge in [-0.15, -0.1) is 0 Å². The van der Waals surface area contributed by atoms with Crippen LogP contribution in [0.3, 0.4) is 0 Å². The monoisotopic (exact) mass is 246 g/mol. The Bertz CT molecular complexity index is 409. The van der Waals surface area contributed by atoms with Crippen LogP contribution in [0.2, 0.25) is 0 Å². The lowest BCUT2D eigenvalue weighted by Gasteiger charge is -2.19. The Balaban J connectivity index is 2.53. The molecule has 98 valence electrons. The minimum absolute atomic E-state index is 0.610. The molecule has 0 amide bonds. The Morgan fingerprint density at radius 2 is 2.11 bits per heavy atom. The van der Waals surface area contributed by atoms with E-state index < -0.39 is 0 Å². The summed E-state index contributed by atoms with van der Waals surface area (Å²) >= 11 is 0. The predicted molar refractivity (Wildman–Crippen MR) is 74.6 cm³/mol. The fraction of sp³-hybridized carbons (Fsp3) is 0.571. The minimum Gasteiger partial charge on any atom is -0.368 e. The van der Waals surface area contributed by atoms with Crippen LogP contribution >= 0.6 is 0 Å². The van der Waals surface area contributed by atoms with Crippen LogP contribution in [0, 0.1) is 18.3 Å². The van der Waals surface area contributed by atoms with Crippen molar-refractivity contribution in [2.45, 2.75) is 27.2 Å². The van der Waals surface area contributed by atoms with Crippen LogP contribution in [0.4, 0.5) is 5.82 Å². The van der Waals surface area contributed by atoms with Gasteiger partial charge in [0.15, 0.2) is 0 Å². The molecule has 0 spiro atoms. The molecule has 0 aliphatic heterocycles. The first-order valence-corrected chi connectivity index (χ1v) is 6.55. The van der Waals surface area contributed by atoms with Crippen molar-refractivity contribution in [3.8, 4) is 6.07 Å². The van der Waals surface area contributed by atoms with Gasteiger partial charge in [-0.05, 0) is 38.6 Å². The summed E-state index contributed by atoms with van der Waals surface area (Å²) in [5.41, 5.74) is 1.54. The quantitative estimate of drug-likeness (QED) is 0.802. The summed E-state index contributed by atoms with van der Waals surface area (Å²) in [5.74, 6) is 0.699. The molecule has 0 saturated heterocycles. The molecule has 1 aromatic rings. The molecular formula is C14H22N4. The van der Waals surface area contributed by atoms with Gasteiger partial charge in [0.25, 0.3) is 0 Å². The molecule has 0 aromatic carbocycles. The molecule has 1 aromatic heterocycles. The van der Waals surface area contributed by atoms with Crippen LogP contribution in [0.5, 0.6) is 0 Å². The largest absolute Gasteiger partial charge is 0.368 e. The summed E-state index contributed by atoms with van der Waals surface area (Å²) in [5, 5.41) is 12.3. The molecule has 1 N–H and O–H groups in total. The molecule has 4 nitrogen and oxygen atoms in total. The number of rotatable bonds is 7. The van der Waals surface area contributed by atoms with Crippen LogP contribution in [0.1, 0.15) is 31.5 Å². The molecule has 1 rings (SSSR count). The Labute approximate surface area is 110 Å². The summed E-state index contributed by atoms with van der Waals surface area (Å²) < 4.78 is 0. The third-order valence-corrected chi connectivity index (χ3v) is 2.86. The Morgan fingerprint density at radius 3 is 2.72 bits per heavy atom. The molecule has 0 atom stereocenters. The van der Waals surface area contributed by atoms with Crippen molar-refractivity contribution < 1.29 is 0 Å². The van der Waals surface area contributed by atoms with Crippen molar-refractivity contribution in [1.82, 2.24) is 9.88 Å². The second kappa shape index (κ2) is 7.67. The first-order chi connectivity index (χ1) is 8.71. The van der Waals surface area contributed by atoms with Gasteiger partial charge in [-0.3, -0.25) is 0 Å². The van der Waals surface area contributed by atoms with Gasteiger partial charge >= 0.3 is 0 Å². The number of anilines is 1. The van der Waals surface area contributed by atoms with E-state index in [1.165, 1.54) is 6.42 Å². The van der Waals surface area contributed by atoms with Crippen molar-refractivity contribution in [2.75, 3.05) is 31.5 Å². The van der Waals surface area contributed by atoms with Crippen molar-refractivity contribution in [1.29, 1.82) is 5.26 Å². The summed E-state index contributed by atoms with van der Waals surface area (Å²) in [6.45, 7) is 10.3. The topological polar surface area (TPSA) is 52.0 Å². The van der Waals surface area contributed by atoms with E-state index in [0.717, 1.165) is 31.9 Å². The van der Waals surface area contributed by atoms with Gasteiger partial charge in [-0.25, -0.2) is 4.98 Å². The number of nitrogens with zero attached hydrogens (tertiary/aromatic N) is 3. The smallest absolute Gasteiger partial charge is 0.144 e. The molecule has 18 heavy (non-hydrogen) atoms. The van der Waals surface area contributed by atoms with Gasteiger partial charge in [0.05, 0.1) is 5.56 Å². The lowest BCUT2D eigenvalue weighted by Crippen LogP contribution is -2.29. The van der Waals surface area contributed by atoms with Crippen LogP contribution in [0.15, 0.2) is 12.1 Å². The maximum atomic E-state index is 9.01. The number of hydrogen-bond donors (Lipinski definition) is 1. The molecule has 0 fully saturated rings. The van der Waals surface area contributed by atoms with Crippen molar-refractivity contribution >= 4 is 5.82 Å². The number of hydrogen-bond acceptors (Lipinski definition) is 4. The third kappa shape index (κ3) is 4.34. The van der Waals surface area contributed by atoms with Crippen LogP contribution in [0.25, 0.3) is 0 Å². The molecule has 0 bridgehead atoms. The van der Waals surface area contributed by atoms with Crippen molar-refractivity contribution in [3.05, 3.63) is 23.4 Å². The molecule has 4 heteroatoms. The van der Waals surface area contributed by atoms with Gasteiger partial charge in [-0.2, -0.15) is 5.26 Å². The van der Waals surface area contributed by atoms with E-state index in [9.17, 15) is 0 Å². The fourth-order valence-corrected chi connectivity index (χ4v) is 1.86. The van der Waals surface area contributed by atoms with E-state index >= 15 is 0 Å². The number of nitrogens with one attached hydrogen (secondary N) is 1. The minimum atomic E-state index is 0.610. The third-order valence-electron chi connectivity index (χ3n) is 2.86. The first kappa shape index (κ1) is 14.5. The highest BCUT2D eigenvalue weighted by Crippen LogP contribution is 2.11. The summed E-state index contributed by atoms with van der Waals surface area (Å²) in [7, 11) is 0. The van der Waals surface area contributed by atoms with E-state index in [1.807, 2.05) is 19.1 Å². The second-order valence-electron chi connectivity index (χ2n) is 4.32. The highest BCUT2D eigenvalue weighted by atomic mass is 15.1. The highest BCUT2D eigenvalue weighted by Gasteiger charge is 2.04. The van der Waals surface area contributed by atoms with Gasteiger partial charge in [0.2, 0.25) is 0 Å². The van der Waals surface area contributed by atoms with Crippen LogP contribution < -0.4 is 5.32 Å². The predicted octanol–water partition coefficient (Wildman–Crippen LogP) is 2.41. The van der Waals surface area contributed by atoms with Gasteiger partial charge in [0.1, 0.15) is 11.9 Å². The zero-order chi connectivity index (χ0) is 13.4. The number of aryl methyl sites for hydroxylation is 1. The second-order valence-corrected chi connectivity index (χ2v) is 4.32. The van der Waals surface area contributed by atoms with Gasteiger partial charge in [0, 0.05) is 18.8 Å². The van der Waals surface area contributed by atoms with E-state index in [0.29, 0.717) is 11.4 Å². The van der Waals surface area contributed by atoms with E-state index in [-0.39, 0.29) is 0 Å². The molecule has 0 saturated carbocycles. The van der Waals surface area contributed by atoms with Crippen LogP contribution in [-0.2, 0) is 0 Å². The van der Waals surface area contributed by atoms with E-state index in [2.05, 4.69) is 35.1 Å². The zero-order valence-electron chi connectivity index (χ0n) is 11.5. The van der Waals surface area contributed by atoms with Gasteiger partial charge in [-0.1, -0.05) is 13.8 Å². The molecular weight excluding hydrogens is 224 g/mol. The molecule has 0 aliphatic rings. The standard InChI is InChI=1S/C14H22N4/c1-4-9-18(5-2)10-8-16-14-13(11-15)7-6-12(3)17-14/h6-7H,4-5,8-10H2,1-3H3,(H,16,17). The summed E-state index contributed by atoms with van der Waals surface area (Å²) in [6, 6.07) is 5.84. The average Bonchev–Trinajstić information content (AvgIpc) is 2.38. The van der Waals surface area contributed by atoms with Gasteiger partial charge < -0.3 is 10.2 Å². The number of nitriles is 1. The SMILES string of the molecule is CCCN(CC)CCNc1nc(C)ccc1C#N. The first-order valence-electron chi connectivity index (χ1n) is 6.55. The maximum Gasteiger partial charge on any atom is 0.144 e. The molecule has 0 radical (unpaired) electrons. The van der Waals surface area contributed by atoms with E-state index in [1.54, 1.807) is 0 Å². The van der Waals surface area contributed by atoms with Crippen molar-refractivity contribution in [2.24, 2.45) is 0 Å². The fourth-order valence-electron chi connectivity index (χ4n) is 1.86. The number of pyridine rings is 1. The lowest BCUT2D eigenvalue weighted by molar-refractivity contribution is 0.300. The molecule has 1 heterocycles. The Kier molecular flexibility index (Phi) is 6.16. The van der Waals surface area contributed by atoms with Crippen LogP contribution in [-0.4, -0.2) is 36.1 Å². The Morgan fingerprint density at radius 1 is 1.33 bits per heavy atom. The number of likely N-dealkylation sites (N-methyl/N-ethyl adjacent to an activating group) is 1. The van der Waals surface area contributed by atoms with E-state index in [4.69, 9.17) is 5.26 Å². The Hall–Kier alpha value is -1.60. The van der Waals surface area contributed by atoms with Crippen molar-refractivity contribution in [3.63, 3.8) is 0 Å². The highest BCUT2D eigenvalue weighted by molar-refractivity contribution is 5.52. The normalized spacial score (nSPS) is 10.4. The zero-order valence-corrected chi connectivity index (χ0v) is 11.5. The summed E-state index contributed by atoms with van der Waals surface area (Å²) in [6.07, 6.45) is 1.17. The molecule has 0 unspecified atom stereocenters. The molecule has 0 aliphatic carbocycles. The lowest BCUT2D eigenvalue weighted by atomic mass is 10.2.